The molecule has 9 nitrogen and oxygen atoms in total. The zero-order valence-corrected chi connectivity index (χ0v) is 20.3. The summed E-state index contributed by atoms with van der Waals surface area (Å²) in [6.07, 6.45) is 0.790. The summed E-state index contributed by atoms with van der Waals surface area (Å²) in [6.45, 7) is 5.06. The van der Waals surface area contributed by atoms with Crippen LogP contribution in [0.5, 0.6) is 0 Å². The van der Waals surface area contributed by atoms with Crippen molar-refractivity contribution in [2.24, 2.45) is 0 Å². The van der Waals surface area contributed by atoms with Crippen LogP contribution >= 0.6 is 0 Å². The number of carbonyl (C=O) groups is 3. The van der Waals surface area contributed by atoms with Crippen molar-refractivity contribution >= 4 is 27.9 Å². The summed E-state index contributed by atoms with van der Waals surface area (Å²) in [7, 11) is -3.93. The minimum atomic E-state index is -3.93. The van der Waals surface area contributed by atoms with E-state index in [1.54, 1.807) is 26.0 Å². The lowest BCUT2D eigenvalue weighted by Gasteiger charge is -2.24. The fraction of sp³-hybridized carbons (Fsp3) is 0.375. The maximum absolute atomic E-state index is 13.4. The number of imide groups is 1. The second-order valence-electron chi connectivity index (χ2n) is 8.33. The summed E-state index contributed by atoms with van der Waals surface area (Å²) < 4.78 is 32.9. The van der Waals surface area contributed by atoms with Gasteiger partial charge in [0.15, 0.2) is 6.61 Å². The van der Waals surface area contributed by atoms with Crippen molar-refractivity contribution in [3.8, 4) is 0 Å². The minimum Gasteiger partial charge on any atom is -0.454 e. The van der Waals surface area contributed by atoms with Gasteiger partial charge in [0.2, 0.25) is 10.0 Å². The van der Waals surface area contributed by atoms with Gasteiger partial charge in [-0.25, -0.2) is 13.2 Å². The Labute approximate surface area is 199 Å². The largest absolute Gasteiger partial charge is 0.454 e. The number of aryl methyl sites for hydroxylation is 3. The number of esters is 1. The molecule has 0 aromatic heterocycles. The molecule has 0 aliphatic carbocycles. The highest BCUT2D eigenvalue weighted by Gasteiger charge is 2.41. The number of nitrogens with zero attached hydrogens (tertiary/aromatic N) is 1. The predicted molar refractivity (Wildman–Crippen MR) is 125 cm³/mol. The van der Waals surface area contributed by atoms with Gasteiger partial charge >= 0.3 is 12.0 Å². The lowest BCUT2D eigenvalue weighted by molar-refractivity contribution is -0.151. The Hall–Kier alpha value is -3.24. The molecule has 2 aromatic rings. The molecule has 1 saturated heterocycles. The highest BCUT2D eigenvalue weighted by molar-refractivity contribution is 7.89. The van der Waals surface area contributed by atoms with Crippen LogP contribution in [0.1, 0.15) is 35.1 Å². The molecule has 3 amide bonds. The summed E-state index contributed by atoms with van der Waals surface area (Å²) in [5.41, 5.74) is 3.03. The first kappa shape index (κ1) is 25.4. The zero-order valence-electron chi connectivity index (χ0n) is 19.5. The molecular formula is C24H29N3O6S. The van der Waals surface area contributed by atoms with Crippen LogP contribution in [-0.2, 0) is 30.9 Å². The third-order valence-corrected chi connectivity index (χ3v) is 7.76. The van der Waals surface area contributed by atoms with E-state index in [2.05, 4.69) is 10.6 Å². The summed E-state index contributed by atoms with van der Waals surface area (Å²) in [6, 6.07) is 11.0. The normalized spacial score (nSPS) is 16.1. The molecule has 182 valence electrons. The van der Waals surface area contributed by atoms with Crippen molar-refractivity contribution in [1.29, 1.82) is 0 Å². The summed E-state index contributed by atoms with van der Waals surface area (Å²) in [4.78, 5) is 36.7. The van der Waals surface area contributed by atoms with Crippen LogP contribution < -0.4 is 10.6 Å². The number of hydrogen-bond donors (Lipinski definition) is 2. The van der Waals surface area contributed by atoms with Crippen molar-refractivity contribution in [3.05, 3.63) is 64.7 Å². The van der Waals surface area contributed by atoms with Crippen molar-refractivity contribution in [2.75, 3.05) is 13.2 Å². The Bertz CT molecular complexity index is 1160. The predicted octanol–water partition coefficient (Wildman–Crippen LogP) is 2.33. The fourth-order valence-electron chi connectivity index (χ4n) is 4.17. The topological polar surface area (TPSA) is 122 Å². The first-order chi connectivity index (χ1) is 16.1. The van der Waals surface area contributed by atoms with E-state index in [4.69, 9.17) is 4.74 Å². The molecule has 34 heavy (non-hydrogen) atoms. The molecule has 10 heteroatoms. The Kier molecular flexibility index (Phi) is 8.06. The van der Waals surface area contributed by atoms with Gasteiger partial charge in [0.05, 0.1) is 4.90 Å². The summed E-state index contributed by atoms with van der Waals surface area (Å²) >= 11 is 0. The molecule has 1 unspecified atom stereocenters. The summed E-state index contributed by atoms with van der Waals surface area (Å²) in [5, 5.41) is 4.62. The first-order valence-corrected chi connectivity index (χ1v) is 12.4. The van der Waals surface area contributed by atoms with Gasteiger partial charge in [0.1, 0.15) is 6.04 Å². The number of nitrogens with one attached hydrogen (secondary N) is 2. The molecule has 1 atom stereocenters. The Morgan fingerprint density at radius 1 is 1.06 bits per heavy atom. The van der Waals surface area contributed by atoms with E-state index in [0.29, 0.717) is 24.0 Å². The Morgan fingerprint density at radius 3 is 2.35 bits per heavy atom. The third kappa shape index (κ3) is 6.00. The number of carbonyl (C=O) groups excluding carboxylic acids is 3. The average molecular weight is 488 g/mol. The van der Waals surface area contributed by atoms with E-state index in [1.165, 1.54) is 0 Å². The lowest BCUT2D eigenvalue weighted by Crippen LogP contribution is -2.44. The lowest BCUT2D eigenvalue weighted by atomic mass is 10.1. The van der Waals surface area contributed by atoms with Crippen LogP contribution in [0.15, 0.2) is 47.4 Å². The number of sulfonamides is 1. The number of amides is 3. The zero-order chi connectivity index (χ0) is 24.9. The summed E-state index contributed by atoms with van der Waals surface area (Å²) in [5.74, 6) is -1.63. The van der Waals surface area contributed by atoms with Crippen LogP contribution in [0.2, 0.25) is 0 Å². The Morgan fingerprint density at radius 2 is 1.71 bits per heavy atom. The van der Waals surface area contributed by atoms with Crippen molar-refractivity contribution in [1.82, 2.24) is 14.9 Å². The monoisotopic (exact) mass is 487 g/mol. The fourth-order valence-corrected chi connectivity index (χ4v) is 6.23. The number of rotatable bonds is 7. The molecule has 0 spiro atoms. The van der Waals surface area contributed by atoms with Crippen LogP contribution in [0.3, 0.4) is 0 Å². The molecule has 3 rings (SSSR count). The van der Waals surface area contributed by atoms with Gasteiger partial charge in [-0.3, -0.25) is 14.9 Å². The van der Waals surface area contributed by atoms with Gasteiger partial charge in [-0.05, 0) is 50.3 Å². The second-order valence-corrected chi connectivity index (χ2v) is 10.2. The van der Waals surface area contributed by atoms with Gasteiger partial charge in [-0.1, -0.05) is 48.0 Å². The van der Waals surface area contributed by atoms with E-state index >= 15 is 0 Å². The van der Waals surface area contributed by atoms with Crippen molar-refractivity contribution in [2.45, 2.75) is 51.1 Å². The second kappa shape index (κ2) is 10.8. The van der Waals surface area contributed by atoms with Crippen molar-refractivity contribution < 1.29 is 27.5 Å². The molecule has 0 bridgehead atoms. The quantitative estimate of drug-likeness (QED) is 0.578. The Balaban J connectivity index is 1.57. The molecule has 1 aliphatic heterocycles. The van der Waals surface area contributed by atoms with E-state index in [1.807, 2.05) is 37.3 Å². The smallest absolute Gasteiger partial charge is 0.324 e. The van der Waals surface area contributed by atoms with Crippen LogP contribution in [-0.4, -0.2) is 49.8 Å². The molecule has 1 heterocycles. The van der Waals surface area contributed by atoms with Crippen LogP contribution in [0.4, 0.5) is 4.79 Å². The number of benzene rings is 2. The van der Waals surface area contributed by atoms with E-state index in [9.17, 15) is 22.8 Å². The van der Waals surface area contributed by atoms with Gasteiger partial charge < -0.3 is 10.1 Å². The SMILES string of the molecule is Cc1cc(C)c(S(=O)(=O)N2CCCC2C(=O)OCC(=O)NC(=O)NCc2ccccc2)c(C)c1. The minimum absolute atomic E-state index is 0.183. The molecule has 0 radical (unpaired) electrons. The number of urea groups is 1. The molecule has 2 N–H and O–H groups in total. The first-order valence-electron chi connectivity index (χ1n) is 11.0. The average Bonchev–Trinajstić information content (AvgIpc) is 3.27. The van der Waals surface area contributed by atoms with Crippen LogP contribution in [0.25, 0.3) is 0 Å². The standard InChI is InChI=1S/C24H29N3O6S/c1-16-12-17(2)22(18(3)13-16)34(31,32)27-11-7-10-20(27)23(29)33-15-21(28)26-24(30)25-14-19-8-5-4-6-9-19/h4-6,8-9,12-13,20H,7,10-11,14-15H2,1-3H3,(H2,25,26,28,30). The molecule has 0 saturated carbocycles. The van der Waals surface area contributed by atoms with Gasteiger partial charge in [-0.15, -0.1) is 0 Å². The third-order valence-electron chi connectivity index (χ3n) is 5.54. The number of ether oxygens (including phenoxy) is 1. The van der Waals surface area contributed by atoms with E-state index in [-0.39, 0.29) is 18.0 Å². The van der Waals surface area contributed by atoms with E-state index in [0.717, 1.165) is 15.4 Å². The maximum Gasteiger partial charge on any atom is 0.324 e. The number of hydrogen-bond acceptors (Lipinski definition) is 6. The van der Waals surface area contributed by atoms with Gasteiger partial charge in [0, 0.05) is 13.1 Å². The van der Waals surface area contributed by atoms with E-state index < -0.39 is 40.6 Å². The van der Waals surface area contributed by atoms with Crippen molar-refractivity contribution in [3.63, 3.8) is 0 Å². The molecule has 1 aliphatic rings. The van der Waals surface area contributed by atoms with Gasteiger partial charge in [0.25, 0.3) is 5.91 Å². The molecular weight excluding hydrogens is 458 g/mol. The highest BCUT2D eigenvalue weighted by atomic mass is 32.2. The maximum atomic E-state index is 13.4. The highest BCUT2D eigenvalue weighted by Crippen LogP contribution is 2.31. The molecule has 2 aromatic carbocycles. The van der Waals surface area contributed by atoms with Gasteiger partial charge in [-0.2, -0.15) is 4.31 Å². The molecule has 1 fully saturated rings. The van der Waals surface area contributed by atoms with Crippen LogP contribution in [0, 0.1) is 20.8 Å².